The maximum atomic E-state index is 10.1. The van der Waals surface area contributed by atoms with Gasteiger partial charge < -0.3 is 5.43 Å². The lowest BCUT2D eigenvalue weighted by Crippen LogP contribution is -2.38. The highest BCUT2D eigenvalue weighted by Crippen LogP contribution is 2.20. The van der Waals surface area contributed by atoms with Crippen LogP contribution in [0.3, 0.4) is 0 Å². The number of allylic oxidation sites excluding steroid dienone is 1. The van der Waals surface area contributed by atoms with E-state index in [1.807, 2.05) is 6.92 Å². The molecule has 0 radical (unpaired) electrons. The van der Waals surface area contributed by atoms with Gasteiger partial charge in [0.15, 0.2) is 0 Å². The van der Waals surface area contributed by atoms with Crippen molar-refractivity contribution in [2.45, 2.75) is 6.92 Å². The molecule has 1 rings (SSSR count). The summed E-state index contributed by atoms with van der Waals surface area (Å²) in [5.74, 6) is 0. The normalized spacial score (nSPS) is 22.0. The first kappa shape index (κ1) is 8.02. The molecule has 1 aliphatic heterocycles. The molecule has 0 aromatic rings. The molecule has 58 valence electrons. The zero-order valence-corrected chi connectivity index (χ0v) is 6.83. The Morgan fingerprint density at radius 2 is 2.70 bits per heavy atom. The molecule has 1 aliphatic rings. The molecule has 1 heterocycles. The van der Waals surface area contributed by atoms with Crippen LogP contribution in [0.4, 0.5) is 0 Å². The summed E-state index contributed by atoms with van der Waals surface area (Å²) in [4.78, 5) is 3.26. The van der Waals surface area contributed by atoms with Gasteiger partial charge in [-0.25, -0.2) is 4.21 Å². The maximum Gasteiger partial charge on any atom is 0.248 e. The predicted molar refractivity (Wildman–Crippen MR) is 40.2 cm³/mol. The molecular weight excluding hydrogens is 174 g/mol. The highest BCUT2D eigenvalue weighted by Gasteiger charge is 2.11. The molecule has 0 spiro atoms. The first-order chi connectivity index (χ1) is 4.68. The third-order valence-corrected chi connectivity index (χ3v) is 2.02. The first-order valence-electron chi connectivity index (χ1n) is 2.46. The van der Waals surface area contributed by atoms with Crippen LogP contribution in [0.1, 0.15) is 6.92 Å². The van der Waals surface area contributed by atoms with E-state index in [0.29, 0.717) is 0 Å². The molecule has 0 amide bonds. The summed E-state index contributed by atoms with van der Waals surface area (Å²) in [6.07, 6.45) is 1.73. The molecule has 5 nitrogen and oxygen atoms in total. The monoisotopic (exact) mass is 181 g/mol. The highest BCUT2D eigenvalue weighted by molar-refractivity contribution is 8.01. The second kappa shape index (κ2) is 3.35. The second-order valence-electron chi connectivity index (χ2n) is 1.61. The van der Waals surface area contributed by atoms with Crippen LogP contribution >= 0.6 is 11.9 Å². The number of hydrazine groups is 2. The van der Waals surface area contributed by atoms with Gasteiger partial charge in [-0.2, -0.15) is 0 Å². The molecule has 0 bridgehead atoms. The molecule has 1 unspecified atom stereocenters. The Balaban J connectivity index is 2.29. The van der Waals surface area contributed by atoms with Crippen LogP contribution in [0.15, 0.2) is 11.1 Å². The fourth-order valence-electron chi connectivity index (χ4n) is 0.462. The van der Waals surface area contributed by atoms with E-state index in [9.17, 15) is 4.21 Å². The Kier molecular flexibility index (Phi) is 2.69. The molecule has 0 saturated carbocycles. The highest BCUT2D eigenvalue weighted by atomic mass is 32.2. The summed E-state index contributed by atoms with van der Waals surface area (Å²) < 4.78 is 19.8. The molecule has 7 heteroatoms. The van der Waals surface area contributed by atoms with Gasteiger partial charge in [-0.1, -0.05) is 4.52 Å². The zero-order valence-electron chi connectivity index (χ0n) is 5.20. The SMILES string of the molecule is CC1=CNN(NS(=O)O)S1. The molecule has 10 heavy (non-hydrogen) atoms. The van der Waals surface area contributed by atoms with Crippen molar-refractivity contribution in [2.24, 2.45) is 0 Å². The molecule has 0 fully saturated rings. The topological polar surface area (TPSA) is 64.6 Å². The molecule has 0 aromatic carbocycles. The Bertz CT molecular complexity index is 183. The van der Waals surface area contributed by atoms with Crippen LogP contribution in [-0.2, 0) is 11.3 Å². The van der Waals surface area contributed by atoms with E-state index in [1.54, 1.807) is 6.20 Å². The van der Waals surface area contributed by atoms with Crippen LogP contribution in [0, 0.1) is 0 Å². The van der Waals surface area contributed by atoms with Crippen molar-refractivity contribution in [3.8, 4) is 0 Å². The molecule has 3 N–H and O–H groups in total. The predicted octanol–water partition coefficient (Wildman–Crippen LogP) is -0.0426. The van der Waals surface area contributed by atoms with Crippen molar-refractivity contribution in [3.63, 3.8) is 0 Å². The van der Waals surface area contributed by atoms with Crippen molar-refractivity contribution in [2.75, 3.05) is 0 Å². The van der Waals surface area contributed by atoms with Crippen molar-refractivity contribution in [3.05, 3.63) is 11.1 Å². The summed E-state index contributed by atoms with van der Waals surface area (Å²) in [7, 11) is 0. The standard InChI is InChI=1S/C3H7N3O2S2/c1-3-2-4-6(9-3)5-10(7)8/h2,4-5H,1H3,(H,7,8). The molecule has 0 aliphatic carbocycles. The molecular formula is C3H7N3O2S2. The largest absolute Gasteiger partial charge is 0.301 e. The molecule has 0 saturated heterocycles. The van der Waals surface area contributed by atoms with Crippen LogP contribution < -0.4 is 10.3 Å². The van der Waals surface area contributed by atoms with Gasteiger partial charge in [0, 0.05) is 11.1 Å². The van der Waals surface area contributed by atoms with E-state index in [1.165, 1.54) is 16.5 Å². The lowest BCUT2D eigenvalue weighted by Gasteiger charge is -2.11. The Morgan fingerprint density at radius 1 is 2.00 bits per heavy atom. The minimum Gasteiger partial charge on any atom is -0.301 e. The van der Waals surface area contributed by atoms with E-state index in [2.05, 4.69) is 10.3 Å². The van der Waals surface area contributed by atoms with E-state index in [0.717, 1.165) is 4.91 Å². The van der Waals surface area contributed by atoms with Crippen molar-refractivity contribution in [1.29, 1.82) is 0 Å². The lowest BCUT2D eigenvalue weighted by molar-refractivity contribution is 0.371. The van der Waals surface area contributed by atoms with E-state index in [-0.39, 0.29) is 0 Å². The van der Waals surface area contributed by atoms with Gasteiger partial charge in [0.25, 0.3) is 0 Å². The summed E-state index contributed by atoms with van der Waals surface area (Å²) in [5.41, 5.74) is 2.71. The summed E-state index contributed by atoms with van der Waals surface area (Å²) in [5, 5.41) is 0. The molecule has 0 aromatic heterocycles. The average Bonchev–Trinajstić information content (AvgIpc) is 2.13. The minimum absolute atomic E-state index is 1.03. The van der Waals surface area contributed by atoms with Gasteiger partial charge in [0.05, 0.1) is 0 Å². The Morgan fingerprint density at radius 3 is 3.10 bits per heavy atom. The summed E-state index contributed by atoms with van der Waals surface area (Å²) >= 11 is -0.698. The van der Waals surface area contributed by atoms with Crippen molar-refractivity contribution < 1.29 is 8.76 Å². The van der Waals surface area contributed by atoms with E-state index < -0.39 is 11.3 Å². The van der Waals surface area contributed by atoms with Crippen LogP contribution in [-0.4, -0.2) is 13.3 Å². The second-order valence-corrected chi connectivity index (χ2v) is 3.48. The molecule has 1 atom stereocenters. The maximum absolute atomic E-state index is 10.1. The van der Waals surface area contributed by atoms with Gasteiger partial charge in [-0.05, 0) is 18.9 Å². The van der Waals surface area contributed by atoms with Crippen LogP contribution in [0.5, 0.6) is 0 Å². The minimum atomic E-state index is -2.01. The van der Waals surface area contributed by atoms with Gasteiger partial charge >= 0.3 is 0 Å². The number of nitrogens with one attached hydrogen (secondary N) is 2. The van der Waals surface area contributed by atoms with E-state index in [4.69, 9.17) is 4.55 Å². The number of rotatable bonds is 2. The van der Waals surface area contributed by atoms with Crippen LogP contribution in [0.25, 0.3) is 0 Å². The summed E-state index contributed by atoms with van der Waals surface area (Å²) in [6, 6.07) is 0. The van der Waals surface area contributed by atoms with Crippen LogP contribution in [0.2, 0.25) is 0 Å². The number of nitrogens with zero attached hydrogens (tertiary/aromatic N) is 1. The van der Waals surface area contributed by atoms with E-state index >= 15 is 0 Å². The third-order valence-electron chi connectivity index (χ3n) is 0.781. The summed E-state index contributed by atoms with van der Waals surface area (Å²) in [6.45, 7) is 1.89. The quantitative estimate of drug-likeness (QED) is 0.412. The number of hydrogen-bond acceptors (Lipinski definition) is 4. The van der Waals surface area contributed by atoms with Gasteiger partial charge in [-0.3, -0.25) is 4.55 Å². The fourth-order valence-corrected chi connectivity index (χ4v) is 1.50. The average molecular weight is 181 g/mol. The van der Waals surface area contributed by atoms with Gasteiger partial charge in [-0.15, -0.1) is 4.83 Å². The zero-order chi connectivity index (χ0) is 7.56. The van der Waals surface area contributed by atoms with Crippen molar-refractivity contribution >= 4 is 23.2 Å². The van der Waals surface area contributed by atoms with Gasteiger partial charge in [0.1, 0.15) is 0 Å². The number of hydrogen-bond donors (Lipinski definition) is 3. The Hall–Kier alpha value is -0.0800. The Labute approximate surface area is 65.3 Å². The lowest BCUT2D eigenvalue weighted by atomic mass is 10.7. The first-order valence-corrected chi connectivity index (χ1v) is 4.34. The smallest absolute Gasteiger partial charge is 0.248 e. The van der Waals surface area contributed by atoms with Gasteiger partial charge in [0.2, 0.25) is 11.3 Å². The fraction of sp³-hybridized carbons (Fsp3) is 0.333. The third kappa shape index (κ3) is 2.27. The van der Waals surface area contributed by atoms with Crippen molar-refractivity contribution in [1.82, 2.24) is 14.8 Å².